The standard InChI is InChI=1S/C13H25N/c1-9-14(8)12(13(5,6)7)11(4)10(2)3/h2,9H2,1,3-8H3/b12-11-. The number of rotatable bonds is 3. The summed E-state index contributed by atoms with van der Waals surface area (Å²) in [5.74, 6) is 0. The minimum absolute atomic E-state index is 0.188. The molecule has 0 amide bonds. The van der Waals surface area contributed by atoms with Gasteiger partial charge in [-0.3, -0.25) is 0 Å². The first-order valence-electron chi connectivity index (χ1n) is 5.30. The van der Waals surface area contributed by atoms with Gasteiger partial charge in [-0.1, -0.05) is 32.9 Å². The molecule has 14 heavy (non-hydrogen) atoms. The Labute approximate surface area is 89.5 Å². The van der Waals surface area contributed by atoms with Crippen molar-refractivity contribution in [1.82, 2.24) is 4.90 Å². The van der Waals surface area contributed by atoms with Crippen LogP contribution in [0.2, 0.25) is 0 Å². The maximum Gasteiger partial charge on any atom is 0.0217 e. The maximum absolute atomic E-state index is 4.02. The van der Waals surface area contributed by atoms with E-state index in [0.29, 0.717) is 0 Å². The van der Waals surface area contributed by atoms with Gasteiger partial charge in [0.1, 0.15) is 0 Å². The molecule has 0 fully saturated rings. The molecule has 1 nitrogen and oxygen atoms in total. The van der Waals surface area contributed by atoms with Crippen LogP contribution in [0.3, 0.4) is 0 Å². The van der Waals surface area contributed by atoms with Crippen LogP contribution in [0.1, 0.15) is 41.5 Å². The first-order chi connectivity index (χ1) is 6.21. The summed E-state index contributed by atoms with van der Waals surface area (Å²) in [7, 11) is 2.15. The zero-order valence-corrected chi connectivity index (χ0v) is 10.9. The monoisotopic (exact) mass is 195 g/mol. The molecule has 0 heterocycles. The van der Waals surface area contributed by atoms with E-state index in [-0.39, 0.29) is 5.41 Å². The third kappa shape index (κ3) is 3.21. The van der Waals surface area contributed by atoms with Gasteiger partial charge in [-0.25, -0.2) is 0 Å². The van der Waals surface area contributed by atoms with Gasteiger partial charge in [0.2, 0.25) is 0 Å². The SMILES string of the molecule is C=C(C)/C(C)=C(\N(C)CC)C(C)(C)C. The molecule has 0 N–H and O–H groups in total. The highest BCUT2D eigenvalue weighted by molar-refractivity contribution is 5.32. The van der Waals surface area contributed by atoms with Gasteiger partial charge in [0.15, 0.2) is 0 Å². The second kappa shape index (κ2) is 4.68. The minimum atomic E-state index is 0.188. The van der Waals surface area contributed by atoms with Crippen LogP contribution < -0.4 is 0 Å². The van der Waals surface area contributed by atoms with Crippen molar-refractivity contribution in [2.45, 2.75) is 41.5 Å². The van der Waals surface area contributed by atoms with Crippen molar-refractivity contribution in [1.29, 1.82) is 0 Å². The van der Waals surface area contributed by atoms with E-state index in [9.17, 15) is 0 Å². The molecule has 0 saturated heterocycles. The van der Waals surface area contributed by atoms with Crippen LogP contribution in [-0.2, 0) is 0 Å². The van der Waals surface area contributed by atoms with Crippen LogP contribution in [-0.4, -0.2) is 18.5 Å². The van der Waals surface area contributed by atoms with Crippen molar-refractivity contribution in [3.63, 3.8) is 0 Å². The van der Waals surface area contributed by atoms with E-state index in [1.165, 1.54) is 11.3 Å². The van der Waals surface area contributed by atoms with E-state index in [1.807, 2.05) is 0 Å². The predicted octanol–water partition coefficient (Wildman–Crippen LogP) is 3.83. The first kappa shape index (κ1) is 13.3. The molecule has 0 aliphatic heterocycles. The molecule has 0 unspecified atom stereocenters. The molecule has 0 rings (SSSR count). The lowest BCUT2D eigenvalue weighted by atomic mass is 9.86. The van der Waals surface area contributed by atoms with Gasteiger partial charge in [0.25, 0.3) is 0 Å². The van der Waals surface area contributed by atoms with Gasteiger partial charge in [0.05, 0.1) is 0 Å². The Morgan fingerprint density at radius 3 is 1.86 bits per heavy atom. The molecule has 0 aliphatic rings. The Balaban J connectivity index is 5.31. The lowest BCUT2D eigenvalue weighted by Crippen LogP contribution is -2.28. The smallest absolute Gasteiger partial charge is 0.0217 e. The number of nitrogens with zero attached hydrogens (tertiary/aromatic N) is 1. The number of hydrogen-bond acceptors (Lipinski definition) is 1. The van der Waals surface area contributed by atoms with Crippen molar-refractivity contribution < 1.29 is 0 Å². The van der Waals surface area contributed by atoms with E-state index >= 15 is 0 Å². The summed E-state index contributed by atoms with van der Waals surface area (Å²) >= 11 is 0. The second-order valence-electron chi connectivity index (χ2n) is 5.02. The zero-order valence-electron chi connectivity index (χ0n) is 10.9. The molecule has 0 aliphatic carbocycles. The maximum atomic E-state index is 4.02. The van der Waals surface area contributed by atoms with Crippen LogP contribution in [0.5, 0.6) is 0 Å². The Hall–Kier alpha value is -0.720. The van der Waals surface area contributed by atoms with Gasteiger partial charge in [-0.05, 0) is 26.3 Å². The van der Waals surface area contributed by atoms with Gasteiger partial charge in [0, 0.05) is 24.7 Å². The van der Waals surface area contributed by atoms with Gasteiger partial charge in [-0.2, -0.15) is 0 Å². The van der Waals surface area contributed by atoms with Gasteiger partial charge in [-0.15, -0.1) is 0 Å². The van der Waals surface area contributed by atoms with Crippen LogP contribution in [0.4, 0.5) is 0 Å². The Morgan fingerprint density at radius 2 is 1.64 bits per heavy atom. The number of allylic oxidation sites excluding steroid dienone is 3. The van der Waals surface area contributed by atoms with E-state index < -0.39 is 0 Å². The summed E-state index contributed by atoms with van der Waals surface area (Å²) in [4.78, 5) is 2.31. The highest BCUT2D eigenvalue weighted by Crippen LogP contribution is 2.32. The molecule has 0 atom stereocenters. The van der Waals surface area contributed by atoms with Crippen LogP contribution in [0.25, 0.3) is 0 Å². The van der Waals surface area contributed by atoms with E-state index in [4.69, 9.17) is 0 Å². The van der Waals surface area contributed by atoms with Crippen molar-refractivity contribution in [3.8, 4) is 0 Å². The third-order valence-corrected chi connectivity index (χ3v) is 2.56. The van der Waals surface area contributed by atoms with Gasteiger partial charge < -0.3 is 4.90 Å². The highest BCUT2D eigenvalue weighted by Gasteiger charge is 2.22. The van der Waals surface area contributed by atoms with Crippen LogP contribution >= 0.6 is 0 Å². The summed E-state index contributed by atoms with van der Waals surface area (Å²) in [5.41, 5.74) is 4.07. The van der Waals surface area contributed by atoms with Crippen molar-refractivity contribution in [2.24, 2.45) is 5.41 Å². The van der Waals surface area contributed by atoms with Crippen molar-refractivity contribution >= 4 is 0 Å². The van der Waals surface area contributed by atoms with Crippen molar-refractivity contribution in [3.05, 3.63) is 23.4 Å². The van der Waals surface area contributed by atoms with Crippen LogP contribution in [0.15, 0.2) is 23.4 Å². The lowest BCUT2D eigenvalue weighted by molar-refractivity contribution is 0.317. The normalized spacial score (nSPS) is 13.6. The molecule has 0 aromatic carbocycles. The molecule has 0 aromatic rings. The minimum Gasteiger partial charge on any atom is -0.378 e. The summed E-state index contributed by atoms with van der Waals surface area (Å²) in [6.07, 6.45) is 0. The first-order valence-corrected chi connectivity index (χ1v) is 5.30. The van der Waals surface area contributed by atoms with Crippen molar-refractivity contribution in [2.75, 3.05) is 13.6 Å². The van der Waals surface area contributed by atoms with Crippen LogP contribution in [0, 0.1) is 5.41 Å². The molecular weight excluding hydrogens is 170 g/mol. The molecule has 1 heteroatoms. The Kier molecular flexibility index (Phi) is 4.44. The molecule has 0 bridgehead atoms. The average Bonchev–Trinajstić information content (AvgIpc) is 2.01. The fourth-order valence-electron chi connectivity index (χ4n) is 1.78. The Bertz CT molecular complexity index is 240. The Morgan fingerprint density at radius 1 is 1.21 bits per heavy atom. The fraction of sp³-hybridized carbons (Fsp3) is 0.692. The molecule has 0 spiro atoms. The third-order valence-electron chi connectivity index (χ3n) is 2.56. The molecule has 0 saturated carbocycles. The summed E-state index contributed by atoms with van der Waals surface area (Å²) in [6.45, 7) is 18.2. The topological polar surface area (TPSA) is 3.24 Å². The lowest BCUT2D eigenvalue weighted by Gasteiger charge is -2.34. The highest BCUT2D eigenvalue weighted by atomic mass is 15.1. The molecule has 82 valence electrons. The molecule has 0 aromatic heterocycles. The predicted molar refractivity (Wildman–Crippen MR) is 65.3 cm³/mol. The van der Waals surface area contributed by atoms with Gasteiger partial charge >= 0.3 is 0 Å². The summed E-state index contributed by atoms with van der Waals surface area (Å²) < 4.78 is 0. The molecule has 0 radical (unpaired) electrons. The quantitative estimate of drug-likeness (QED) is 0.619. The summed E-state index contributed by atoms with van der Waals surface area (Å²) in [5, 5.41) is 0. The number of hydrogen-bond donors (Lipinski definition) is 0. The fourth-order valence-corrected chi connectivity index (χ4v) is 1.78. The average molecular weight is 195 g/mol. The summed E-state index contributed by atoms with van der Waals surface area (Å²) in [6, 6.07) is 0. The van der Waals surface area contributed by atoms with E-state index in [1.54, 1.807) is 0 Å². The second-order valence-corrected chi connectivity index (χ2v) is 5.02. The zero-order chi connectivity index (χ0) is 11.5. The molecular formula is C13H25N. The largest absolute Gasteiger partial charge is 0.378 e. The van der Waals surface area contributed by atoms with E-state index in [0.717, 1.165) is 12.1 Å². The van der Waals surface area contributed by atoms with E-state index in [2.05, 4.69) is 60.1 Å².